The number of methoxy groups -OCH3 is 1. The average molecular weight is 247 g/mol. The van der Waals surface area contributed by atoms with E-state index in [2.05, 4.69) is 10.1 Å². The molecule has 0 unspecified atom stereocenters. The highest BCUT2D eigenvalue weighted by Gasteiger charge is 2.32. The quantitative estimate of drug-likeness (QED) is 0.891. The fraction of sp³-hybridized carbons (Fsp3) is 0.364. The van der Waals surface area contributed by atoms with E-state index in [1.165, 1.54) is 25.3 Å². The van der Waals surface area contributed by atoms with Crippen LogP contribution in [0.15, 0.2) is 24.3 Å². The number of hydrogen-bond acceptors (Lipinski definition) is 2. The molecule has 1 aromatic carbocycles. The van der Waals surface area contributed by atoms with E-state index < -0.39 is 17.8 Å². The molecule has 17 heavy (non-hydrogen) atoms. The zero-order valence-corrected chi connectivity index (χ0v) is 9.17. The summed E-state index contributed by atoms with van der Waals surface area (Å²) >= 11 is 0. The zero-order chi connectivity index (χ0) is 12.9. The lowest BCUT2D eigenvalue weighted by Gasteiger charge is -2.12. The van der Waals surface area contributed by atoms with Crippen LogP contribution in [0, 0.1) is 0 Å². The number of amides is 1. The molecular formula is C11H12F3NO2. The first-order chi connectivity index (χ1) is 7.95. The first kappa shape index (κ1) is 13.3. The van der Waals surface area contributed by atoms with Crippen molar-refractivity contribution < 1.29 is 22.7 Å². The molecule has 0 radical (unpaired) electrons. The molecule has 0 fully saturated rings. The fourth-order valence-electron chi connectivity index (χ4n) is 1.39. The molecule has 94 valence electrons. The Labute approximate surface area is 96.6 Å². The molecule has 0 aliphatic carbocycles. The summed E-state index contributed by atoms with van der Waals surface area (Å²) in [5.41, 5.74) is -0.525. The topological polar surface area (TPSA) is 38.3 Å². The smallest absolute Gasteiger partial charge is 0.416 e. The summed E-state index contributed by atoms with van der Waals surface area (Å²) in [7, 11) is 1.19. The van der Waals surface area contributed by atoms with Crippen LogP contribution in [0.3, 0.4) is 0 Å². The molecule has 0 aliphatic rings. The van der Waals surface area contributed by atoms with Gasteiger partial charge in [-0.25, -0.2) is 4.79 Å². The van der Waals surface area contributed by atoms with E-state index >= 15 is 0 Å². The van der Waals surface area contributed by atoms with Crippen molar-refractivity contribution in [3.8, 4) is 0 Å². The van der Waals surface area contributed by atoms with Crippen molar-refractivity contribution >= 4 is 6.09 Å². The molecule has 0 aromatic heterocycles. The van der Waals surface area contributed by atoms with E-state index in [4.69, 9.17) is 0 Å². The zero-order valence-electron chi connectivity index (χ0n) is 9.17. The van der Waals surface area contributed by atoms with Crippen molar-refractivity contribution in [1.82, 2.24) is 5.32 Å². The van der Waals surface area contributed by atoms with Gasteiger partial charge in [0.2, 0.25) is 0 Å². The van der Waals surface area contributed by atoms with Gasteiger partial charge in [0.05, 0.1) is 12.7 Å². The minimum absolute atomic E-state index is 0.0970. The van der Waals surface area contributed by atoms with Gasteiger partial charge in [-0.05, 0) is 18.1 Å². The SMILES string of the molecule is COC(=O)NCCc1ccccc1C(F)(F)F. The van der Waals surface area contributed by atoms with Crippen LogP contribution in [0.1, 0.15) is 11.1 Å². The molecule has 0 atom stereocenters. The van der Waals surface area contributed by atoms with Crippen LogP contribution in [0.25, 0.3) is 0 Å². The lowest BCUT2D eigenvalue weighted by Crippen LogP contribution is -2.26. The molecule has 1 rings (SSSR count). The summed E-state index contributed by atoms with van der Waals surface area (Å²) in [6, 6.07) is 5.28. The maximum absolute atomic E-state index is 12.6. The third kappa shape index (κ3) is 3.97. The number of carbonyl (C=O) groups is 1. The molecule has 0 saturated heterocycles. The van der Waals surface area contributed by atoms with E-state index in [9.17, 15) is 18.0 Å². The van der Waals surface area contributed by atoms with Crippen molar-refractivity contribution in [3.63, 3.8) is 0 Å². The predicted octanol–water partition coefficient (Wildman–Crippen LogP) is 2.60. The molecule has 6 heteroatoms. The van der Waals surface area contributed by atoms with Gasteiger partial charge in [-0.1, -0.05) is 18.2 Å². The first-order valence-electron chi connectivity index (χ1n) is 4.92. The van der Waals surface area contributed by atoms with Gasteiger partial charge in [-0.3, -0.25) is 0 Å². The van der Waals surface area contributed by atoms with E-state index in [1.54, 1.807) is 0 Å². The number of benzene rings is 1. The van der Waals surface area contributed by atoms with Crippen LogP contribution in [-0.4, -0.2) is 19.7 Å². The second-order valence-electron chi connectivity index (χ2n) is 3.32. The molecule has 3 nitrogen and oxygen atoms in total. The van der Waals surface area contributed by atoms with Crippen LogP contribution in [0.2, 0.25) is 0 Å². The largest absolute Gasteiger partial charge is 0.453 e. The van der Waals surface area contributed by atoms with Crippen LogP contribution in [0.4, 0.5) is 18.0 Å². The maximum Gasteiger partial charge on any atom is 0.416 e. The normalized spacial score (nSPS) is 11.1. The van der Waals surface area contributed by atoms with Crippen molar-refractivity contribution in [2.45, 2.75) is 12.6 Å². The van der Waals surface area contributed by atoms with Gasteiger partial charge >= 0.3 is 12.3 Å². The fourth-order valence-corrected chi connectivity index (χ4v) is 1.39. The number of alkyl halides is 3. The second kappa shape index (κ2) is 5.56. The van der Waals surface area contributed by atoms with Crippen molar-refractivity contribution in [2.75, 3.05) is 13.7 Å². The van der Waals surface area contributed by atoms with Crippen molar-refractivity contribution in [1.29, 1.82) is 0 Å². The predicted molar refractivity (Wildman–Crippen MR) is 55.6 cm³/mol. The Morgan fingerprint density at radius 2 is 2.00 bits per heavy atom. The molecule has 0 bridgehead atoms. The Hall–Kier alpha value is -1.72. The van der Waals surface area contributed by atoms with Gasteiger partial charge in [0, 0.05) is 6.54 Å². The van der Waals surface area contributed by atoms with Crippen LogP contribution in [-0.2, 0) is 17.3 Å². The van der Waals surface area contributed by atoms with Gasteiger partial charge < -0.3 is 10.1 Å². The van der Waals surface area contributed by atoms with E-state index in [0.717, 1.165) is 6.07 Å². The Morgan fingerprint density at radius 3 is 2.59 bits per heavy atom. The standard InChI is InChI=1S/C11H12F3NO2/c1-17-10(16)15-7-6-8-4-2-3-5-9(8)11(12,13)14/h2-5H,6-7H2,1H3,(H,15,16). The number of hydrogen-bond donors (Lipinski definition) is 1. The molecular weight excluding hydrogens is 235 g/mol. The first-order valence-corrected chi connectivity index (χ1v) is 4.92. The van der Waals surface area contributed by atoms with Gasteiger partial charge in [0.1, 0.15) is 0 Å². The molecule has 0 saturated carbocycles. The number of rotatable bonds is 3. The lowest BCUT2D eigenvalue weighted by atomic mass is 10.0. The van der Waals surface area contributed by atoms with Gasteiger partial charge in [0.15, 0.2) is 0 Å². The molecule has 0 aliphatic heterocycles. The molecule has 0 heterocycles. The van der Waals surface area contributed by atoms with Crippen LogP contribution >= 0.6 is 0 Å². The molecule has 0 spiro atoms. The molecule has 1 amide bonds. The number of nitrogens with one attached hydrogen (secondary N) is 1. The Bertz CT molecular complexity index is 391. The van der Waals surface area contributed by atoms with Gasteiger partial charge in [-0.15, -0.1) is 0 Å². The summed E-state index contributed by atoms with van der Waals surface area (Å²) in [4.78, 5) is 10.7. The third-order valence-electron chi connectivity index (χ3n) is 2.17. The Morgan fingerprint density at radius 1 is 1.35 bits per heavy atom. The highest BCUT2D eigenvalue weighted by molar-refractivity contribution is 5.66. The minimum Gasteiger partial charge on any atom is -0.453 e. The van der Waals surface area contributed by atoms with Gasteiger partial charge in [0.25, 0.3) is 0 Å². The monoisotopic (exact) mass is 247 g/mol. The Kier molecular flexibility index (Phi) is 4.37. The van der Waals surface area contributed by atoms with Crippen molar-refractivity contribution in [2.24, 2.45) is 0 Å². The van der Waals surface area contributed by atoms with Gasteiger partial charge in [-0.2, -0.15) is 13.2 Å². The second-order valence-corrected chi connectivity index (χ2v) is 3.32. The summed E-state index contributed by atoms with van der Waals surface area (Å²) in [5, 5.41) is 2.33. The highest BCUT2D eigenvalue weighted by atomic mass is 19.4. The summed E-state index contributed by atoms with van der Waals surface area (Å²) in [5.74, 6) is 0. The number of carbonyl (C=O) groups excluding carboxylic acids is 1. The summed E-state index contributed by atoms with van der Waals surface area (Å²) in [6.45, 7) is 0.0970. The van der Waals surface area contributed by atoms with Crippen LogP contribution in [0.5, 0.6) is 0 Å². The molecule has 1 aromatic rings. The van der Waals surface area contributed by atoms with E-state index in [0.29, 0.717) is 0 Å². The lowest BCUT2D eigenvalue weighted by molar-refractivity contribution is -0.138. The summed E-state index contributed by atoms with van der Waals surface area (Å²) in [6.07, 6.45) is -4.93. The maximum atomic E-state index is 12.6. The van der Waals surface area contributed by atoms with E-state index in [1.807, 2.05) is 0 Å². The third-order valence-corrected chi connectivity index (χ3v) is 2.17. The average Bonchev–Trinajstić information content (AvgIpc) is 2.28. The molecule has 1 N–H and O–H groups in total. The minimum atomic E-state index is -4.37. The highest BCUT2D eigenvalue weighted by Crippen LogP contribution is 2.31. The number of halogens is 3. The number of alkyl carbamates (subject to hydrolysis) is 1. The number of ether oxygens (including phenoxy) is 1. The van der Waals surface area contributed by atoms with E-state index in [-0.39, 0.29) is 18.5 Å². The van der Waals surface area contributed by atoms with Crippen LogP contribution < -0.4 is 5.32 Å². The summed E-state index contributed by atoms with van der Waals surface area (Å²) < 4.78 is 42.1. The Balaban J connectivity index is 2.68. The van der Waals surface area contributed by atoms with Crippen molar-refractivity contribution in [3.05, 3.63) is 35.4 Å².